The van der Waals surface area contributed by atoms with Crippen LogP contribution in [0.1, 0.15) is 16.7 Å². The number of hydrogen-bond acceptors (Lipinski definition) is 6. The molecule has 0 saturated heterocycles. The molecule has 0 aliphatic carbocycles. The molecule has 0 saturated carbocycles. The first kappa shape index (κ1) is 22.4. The Morgan fingerprint density at radius 1 is 0.968 bits per heavy atom. The van der Waals surface area contributed by atoms with E-state index in [1.165, 1.54) is 4.90 Å². The lowest BCUT2D eigenvalue weighted by Crippen LogP contribution is -2.37. The van der Waals surface area contributed by atoms with E-state index in [0.717, 1.165) is 11.1 Å². The number of nitrogens with zero attached hydrogens (tertiary/aromatic N) is 2. The minimum absolute atomic E-state index is 0.126. The zero-order valence-electron chi connectivity index (χ0n) is 18.3. The number of aryl methyl sites for hydroxylation is 2. The molecule has 1 N–H and O–H groups in total. The Kier molecular flexibility index (Phi) is 6.97. The second-order valence-electron chi connectivity index (χ2n) is 7.53. The van der Waals surface area contributed by atoms with E-state index < -0.39 is 5.91 Å². The van der Waals surface area contributed by atoms with Gasteiger partial charge in [0.1, 0.15) is 23.8 Å². The van der Waals surface area contributed by atoms with E-state index in [-0.39, 0.29) is 37.9 Å². The molecule has 2 aromatic carbocycles. The van der Waals surface area contributed by atoms with Gasteiger partial charge in [-0.2, -0.15) is 0 Å². The SMILES string of the molecule is COc1ccc(C2=C(N(C)CCO)C(=O)N(CCOc3cc(C)cc(C)c3)C2=O)cc1. The topological polar surface area (TPSA) is 79.3 Å². The fraction of sp³-hybridized carbons (Fsp3) is 0.333. The number of aliphatic hydroxyl groups excluding tert-OH is 1. The summed E-state index contributed by atoms with van der Waals surface area (Å²) in [5, 5.41) is 9.34. The minimum atomic E-state index is -0.393. The number of benzene rings is 2. The normalized spacial score (nSPS) is 13.8. The van der Waals surface area contributed by atoms with Gasteiger partial charge in [-0.25, -0.2) is 0 Å². The first-order valence-corrected chi connectivity index (χ1v) is 10.1. The van der Waals surface area contributed by atoms with E-state index in [1.54, 1.807) is 43.3 Å². The van der Waals surface area contributed by atoms with Crippen LogP contribution < -0.4 is 9.47 Å². The molecular formula is C24H28N2O5. The van der Waals surface area contributed by atoms with Gasteiger partial charge in [0.2, 0.25) is 0 Å². The van der Waals surface area contributed by atoms with Crippen LogP contribution in [0.4, 0.5) is 0 Å². The van der Waals surface area contributed by atoms with Crippen LogP contribution in [-0.4, -0.2) is 67.2 Å². The van der Waals surface area contributed by atoms with Gasteiger partial charge in [-0.05, 0) is 54.8 Å². The van der Waals surface area contributed by atoms with Gasteiger partial charge in [-0.1, -0.05) is 18.2 Å². The smallest absolute Gasteiger partial charge is 0.277 e. The second-order valence-corrected chi connectivity index (χ2v) is 7.53. The number of amides is 2. The first-order chi connectivity index (χ1) is 14.8. The molecule has 0 atom stereocenters. The van der Waals surface area contributed by atoms with E-state index in [2.05, 4.69) is 6.07 Å². The van der Waals surface area contributed by atoms with E-state index in [9.17, 15) is 14.7 Å². The average Bonchev–Trinajstić information content (AvgIpc) is 2.98. The third-order valence-corrected chi connectivity index (χ3v) is 5.12. The van der Waals surface area contributed by atoms with Gasteiger partial charge in [0.05, 0.1) is 25.8 Å². The Morgan fingerprint density at radius 3 is 2.19 bits per heavy atom. The lowest BCUT2D eigenvalue weighted by atomic mass is 10.0. The van der Waals surface area contributed by atoms with Crippen molar-refractivity contribution in [2.45, 2.75) is 13.8 Å². The molecule has 3 rings (SSSR count). The van der Waals surface area contributed by atoms with Crippen molar-refractivity contribution in [3.63, 3.8) is 0 Å². The van der Waals surface area contributed by atoms with Crippen LogP contribution in [0.5, 0.6) is 11.5 Å². The molecular weight excluding hydrogens is 396 g/mol. The lowest BCUT2D eigenvalue weighted by molar-refractivity contribution is -0.137. The average molecular weight is 424 g/mol. The number of methoxy groups -OCH3 is 1. The van der Waals surface area contributed by atoms with Gasteiger partial charge >= 0.3 is 0 Å². The van der Waals surface area contributed by atoms with Crippen molar-refractivity contribution in [3.05, 3.63) is 64.9 Å². The van der Waals surface area contributed by atoms with E-state index >= 15 is 0 Å². The van der Waals surface area contributed by atoms with Gasteiger partial charge in [0.15, 0.2) is 0 Å². The standard InChI is InChI=1S/C24H28N2O5/c1-16-13-17(2)15-20(14-16)31-12-10-26-23(28)21(18-5-7-19(30-4)8-6-18)22(24(26)29)25(3)9-11-27/h5-8,13-15,27H,9-12H2,1-4H3. The van der Waals surface area contributed by atoms with Gasteiger partial charge in [0.25, 0.3) is 11.8 Å². The largest absolute Gasteiger partial charge is 0.497 e. The third kappa shape index (κ3) is 4.88. The number of carbonyl (C=O) groups excluding carboxylic acids is 2. The minimum Gasteiger partial charge on any atom is -0.497 e. The summed E-state index contributed by atoms with van der Waals surface area (Å²) >= 11 is 0. The lowest BCUT2D eigenvalue weighted by Gasteiger charge is -2.20. The Labute approximate surface area is 182 Å². The maximum atomic E-state index is 13.2. The maximum absolute atomic E-state index is 13.2. The summed E-state index contributed by atoms with van der Waals surface area (Å²) in [5.74, 6) is 0.595. The Bertz CT molecular complexity index is 977. The van der Waals surface area contributed by atoms with Crippen molar-refractivity contribution in [2.75, 3.05) is 40.5 Å². The fourth-order valence-corrected chi connectivity index (χ4v) is 3.67. The zero-order valence-corrected chi connectivity index (χ0v) is 18.3. The van der Waals surface area contributed by atoms with Crippen molar-refractivity contribution in [1.82, 2.24) is 9.80 Å². The molecule has 7 nitrogen and oxygen atoms in total. The van der Waals surface area contributed by atoms with Crippen LogP contribution >= 0.6 is 0 Å². The Hall–Kier alpha value is -3.32. The molecule has 31 heavy (non-hydrogen) atoms. The summed E-state index contributed by atoms with van der Waals surface area (Å²) in [6.45, 7) is 4.39. The number of carbonyl (C=O) groups is 2. The van der Waals surface area contributed by atoms with Gasteiger partial charge in [-0.15, -0.1) is 0 Å². The third-order valence-electron chi connectivity index (χ3n) is 5.12. The number of ether oxygens (including phenoxy) is 2. The Balaban J connectivity index is 1.82. The monoisotopic (exact) mass is 424 g/mol. The highest BCUT2D eigenvalue weighted by Gasteiger charge is 2.40. The first-order valence-electron chi connectivity index (χ1n) is 10.1. The molecule has 0 bridgehead atoms. The molecule has 1 heterocycles. The summed E-state index contributed by atoms with van der Waals surface area (Å²) in [7, 11) is 3.26. The van der Waals surface area contributed by atoms with Crippen molar-refractivity contribution < 1.29 is 24.2 Å². The van der Waals surface area contributed by atoms with E-state index in [0.29, 0.717) is 22.6 Å². The molecule has 0 radical (unpaired) electrons. The number of aliphatic hydroxyl groups is 1. The number of hydrogen-bond donors (Lipinski definition) is 1. The highest BCUT2D eigenvalue weighted by atomic mass is 16.5. The molecule has 1 aliphatic heterocycles. The van der Waals surface area contributed by atoms with Crippen molar-refractivity contribution in [3.8, 4) is 11.5 Å². The van der Waals surface area contributed by atoms with Crippen molar-refractivity contribution >= 4 is 17.4 Å². The number of rotatable bonds is 9. The Morgan fingerprint density at radius 2 is 1.61 bits per heavy atom. The number of imide groups is 1. The van der Waals surface area contributed by atoms with Crippen LogP contribution in [0.2, 0.25) is 0 Å². The predicted molar refractivity (Wildman–Crippen MR) is 118 cm³/mol. The second kappa shape index (κ2) is 9.66. The summed E-state index contributed by atoms with van der Waals surface area (Å²) in [4.78, 5) is 29.2. The molecule has 0 unspecified atom stereocenters. The van der Waals surface area contributed by atoms with Gasteiger partial charge in [-0.3, -0.25) is 14.5 Å². The molecule has 2 amide bonds. The fourth-order valence-electron chi connectivity index (χ4n) is 3.67. The molecule has 1 aliphatic rings. The molecule has 0 spiro atoms. The summed E-state index contributed by atoms with van der Waals surface area (Å²) in [5.41, 5.74) is 3.38. The van der Waals surface area contributed by atoms with Crippen LogP contribution in [0.25, 0.3) is 5.57 Å². The van der Waals surface area contributed by atoms with Gasteiger partial charge in [0, 0.05) is 13.6 Å². The van der Waals surface area contributed by atoms with Crippen LogP contribution in [0, 0.1) is 13.8 Å². The summed E-state index contributed by atoms with van der Waals surface area (Å²) in [6, 6.07) is 12.9. The molecule has 0 fully saturated rings. The summed E-state index contributed by atoms with van der Waals surface area (Å²) < 4.78 is 11.0. The summed E-state index contributed by atoms with van der Waals surface area (Å²) in [6.07, 6.45) is 0. The number of likely N-dealkylation sites (N-methyl/N-ethyl adjacent to an activating group) is 1. The van der Waals surface area contributed by atoms with Gasteiger partial charge < -0.3 is 19.5 Å². The highest BCUT2D eigenvalue weighted by Crippen LogP contribution is 2.31. The molecule has 2 aromatic rings. The zero-order chi connectivity index (χ0) is 22.5. The molecule has 0 aromatic heterocycles. The van der Waals surface area contributed by atoms with Crippen LogP contribution in [0.15, 0.2) is 48.2 Å². The highest BCUT2D eigenvalue weighted by molar-refractivity contribution is 6.35. The predicted octanol–water partition coefficient (Wildman–Crippen LogP) is 2.40. The van der Waals surface area contributed by atoms with E-state index in [1.807, 2.05) is 26.0 Å². The van der Waals surface area contributed by atoms with Crippen LogP contribution in [-0.2, 0) is 9.59 Å². The molecule has 7 heteroatoms. The maximum Gasteiger partial charge on any atom is 0.277 e. The van der Waals surface area contributed by atoms with Crippen molar-refractivity contribution in [1.29, 1.82) is 0 Å². The van der Waals surface area contributed by atoms with Crippen LogP contribution in [0.3, 0.4) is 0 Å². The quantitative estimate of drug-likeness (QED) is 0.623. The van der Waals surface area contributed by atoms with Crippen molar-refractivity contribution in [2.24, 2.45) is 0 Å². The van der Waals surface area contributed by atoms with E-state index in [4.69, 9.17) is 9.47 Å². The molecule has 164 valence electrons.